The number of carbonyl (C=O) groups is 1. The molecule has 0 fully saturated rings. The van der Waals surface area contributed by atoms with Crippen LogP contribution in [0.3, 0.4) is 0 Å². The van der Waals surface area contributed by atoms with Gasteiger partial charge in [0.15, 0.2) is 0 Å². The molecule has 0 saturated heterocycles. The zero-order valence-corrected chi connectivity index (χ0v) is 19.0. The van der Waals surface area contributed by atoms with Crippen molar-refractivity contribution in [1.29, 1.82) is 0 Å². The number of aryl methyl sites for hydroxylation is 2. The molecule has 6 nitrogen and oxygen atoms in total. The molecule has 3 aromatic carbocycles. The molecule has 0 aromatic heterocycles. The first-order chi connectivity index (χ1) is 14.7. The molecule has 1 amide bonds. The Bertz CT molecular complexity index is 1230. The van der Waals surface area contributed by atoms with Gasteiger partial charge in [0, 0.05) is 17.7 Å². The van der Waals surface area contributed by atoms with E-state index in [0.29, 0.717) is 11.4 Å². The lowest BCUT2D eigenvalue weighted by Crippen LogP contribution is -2.23. The molecule has 0 saturated carbocycles. The van der Waals surface area contributed by atoms with E-state index in [1.165, 1.54) is 18.2 Å². The van der Waals surface area contributed by atoms with E-state index in [1.54, 1.807) is 19.2 Å². The number of methoxy groups -OCH3 is 1. The number of nitrogens with one attached hydrogen (secondary N) is 2. The number of hydrogen-bond acceptors (Lipinski definition) is 4. The number of benzene rings is 3. The standard InChI is InChI=1S/C23H23ClN2O4S/c1-15-8-11-20(16(2)12-15)26-31(28,29)22-13-17(9-10-19(22)24)23(27)25-14-18-6-4-5-7-21(18)30-3/h4-13,26H,14H2,1-3H3,(H,25,27). The summed E-state index contributed by atoms with van der Waals surface area (Å²) in [4.78, 5) is 12.5. The molecule has 0 aliphatic heterocycles. The summed E-state index contributed by atoms with van der Waals surface area (Å²) in [7, 11) is -2.44. The third-order valence-electron chi connectivity index (χ3n) is 4.74. The molecule has 0 atom stereocenters. The second kappa shape index (κ2) is 9.41. The van der Waals surface area contributed by atoms with Crippen molar-refractivity contribution in [2.24, 2.45) is 0 Å². The van der Waals surface area contributed by atoms with Gasteiger partial charge in [0.1, 0.15) is 10.6 Å². The fraction of sp³-hybridized carbons (Fsp3) is 0.174. The van der Waals surface area contributed by atoms with Crippen LogP contribution in [-0.4, -0.2) is 21.4 Å². The minimum atomic E-state index is -4.00. The molecular weight excluding hydrogens is 436 g/mol. The summed E-state index contributed by atoms with van der Waals surface area (Å²) in [6, 6.07) is 16.9. The molecule has 2 N–H and O–H groups in total. The average Bonchev–Trinajstić information content (AvgIpc) is 2.74. The van der Waals surface area contributed by atoms with Crippen molar-refractivity contribution in [3.8, 4) is 5.75 Å². The average molecular weight is 459 g/mol. The predicted octanol–water partition coefficient (Wildman–Crippen LogP) is 4.70. The molecule has 162 valence electrons. The summed E-state index contributed by atoms with van der Waals surface area (Å²) in [5.41, 5.74) is 3.24. The van der Waals surface area contributed by atoms with Gasteiger partial charge in [0.25, 0.3) is 15.9 Å². The Morgan fingerprint density at radius 3 is 2.48 bits per heavy atom. The number of hydrogen-bond donors (Lipinski definition) is 2. The monoisotopic (exact) mass is 458 g/mol. The number of ether oxygens (including phenoxy) is 1. The van der Waals surface area contributed by atoms with Crippen LogP contribution in [0.2, 0.25) is 5.02 Å². The fourth-order valence-corrected chi connectivity index (χ4v) is 4.76. The zero-order valence-electron chi connectivity index (χ0n) is 17.4. The predicted molar refractivity (Wildman–Crippen MR) is 122 cm³/mol. The van der Waals surface area contributed by atoms with Gasteiger partial charge in [0.05, 0.1) is 17.8 Å². The smallest absolute Gasteiger partial charge is 0.263 e. The Labute approximate surface area is 187 Å². The van der Waals surface area contributed by atoms with Crippen molar-refractivity contribution < 1.29 is 17.9 Å². The number of amides is 1. The highest BCUT2D eigenvalue weighted by Gasteiger charge is 2.21. The quantitative estimate of drug-likeness (QED) is 0.537. The van der Waals surface area contributed by atoms with E-state index < -0.39 is 15.9 Å². The van der Waals surface area contributed by atoms with Gasteiger partial charge in [-0.05, 0) is 49.7 Å². The number of halogens is 1. The van der Waals surface area contributed by atoms with Crippen LogP contribution < -0.4 is 14.8 Å². The molecule has 0 aliphatic rings. The fourth-order valence-electron chi connectivity index (χ4n) is 3.10. The molecule has 31 heavy (non-hydrogen) atoms. The first-order valence-corrected chi connectivity index (χ1v) is 11.4. The lowest BCUT2D eigenvalue weighted by atomic mass is 10.1. The normalized spacial score (nSPS) is 11.1. The molecule has 0 heterocycles. The van der Waals surface area contributed by atoms with Crippen LogP contribution in [0.15, 0.2) is 65.6 Å². The lowest BCUT2D eigenvalue weighted by molar-refractivity contribution is 0.0950. The van der Waals surface area contributed by atoms with Crippen molar-refractivity contribution in [3.05, 3.63) is 87.9 Å². The van der Waals surface area contributed by atoms with Gasteiger partial charge < -0.3 is 10.1 Å². The summed E-state index contributed by atoms with van der Waals surface area (Å²) in [5.74, 6) is 0.227. The van der Waals surface area contributed by atoms with E-state index in [2.05, 4.69) is 10.0 Å². The van der Waals surface area contributed by atoms with E-state index in [4.69, 9.17) is 16.3 Å². The highest BCUT2D eigenvalue weighted by atomic mass is 35.5. The van der Waals surface area contributed by atoms with Crippen LogP contribution in [0, 0.1) is 13.8 Å². The number of sulfonamides is 1. The van der Waals surface area contributed by atoms with Gasteiger partial charge in [0.2, 0.25) is 0 Å². The van der Waals surface area contributed by atoms with Crippen LogP contribution in [0.5, 0.6) is 5.75 Å². The zero-order chi connectivity index (χ0) is 22.6. The van der Waals surface area contributed by atoms with Crippen molar-refractivity contribution in [1.82, 2.24) is 5.32 Å². The largest absolute Gasteiger partial charge is 0.496 e. The van der Waals surface area contributed by atoms with Crippen molar-refractivity contribution in [2.75, 3.05) is 11.8 Å². The maximum atomic E-state index is 13.0. The van der Waals surface area contributed by atoms with Crippen LogP contribution in [0.4, 0.5) is 5.69 Å². The van der Waals surface area contributed by atoms with Gasteiger partial charge >= 0.3 is 0 Å². The van der Waals surface area contributed by atoms with Gasteiger partial charge in [-0.15, -0.1) is 0 Å². The molecule has 0 unspecified atom stereocenters. The van der Waals surface area contributed by atoms with E-state index in [1.807, 2.05) is 44.2 Å². The minimum absolute atomic E-state index is 0.0264. The number of rotatable bonds is 7. The van der Waals surface area contributed by atoms with Crippen molar-refractivity contribution in [2.45, 2.75) is 25.3 Å². The summed E-state index contributed by atoms with van der Waals surface area (Å²) in [5, 5.41) is 2.80. The first kappa shape index (κ1) is 22.7. The SMILES string of the molecule is COc1ccccc1CNC(=O)c1ccc(Cl)c(S(=O)(=O)Nc2ccc(C)cc2C)c1. The Kier molecular flexibility index (Phi) is 6.87. The summed E-state index contributed by atoms with van der Waals surface area (Å²) < 4.78 is 33.7. The highest BCUT2D eigenvalue weighted by Crippen LogP contribution is 2.27. The minimum Gasteiger partial charge on any atom is -0.496 e. The third-order valence-corrected chi connectivity index (χ3v) is 6.59. The number of para-hydroxylation sites is 1. The first-order valence-electron chi connectivity index (χ1n) is 9.51. The summed E-state index contributed by atoms with van der Waals surface area (Å²) in [6.07, 6.45) is 0. The second-order valence-corrected chi connectivity index (χ2v) is 9.12. The molecule has 0 aliphatic carbocycles. The van der Waals surface area contributed by atoms with Crippen LogP contribution in [0.1, 0.15) is 27.0 Å². The van der Waals surface area contributed by atoms with Gasteiger partial charge in [-0.25, -0.2) is 8.42 Å². The molecule has 0 bridgehead atoms. The van der Waals surface area contributed by atoms with E-state index in [-0.39, 0.29) is 22.0 Å². The van der Waals surface area contributed by atoms with Crippen LogP contribution in [0.25, 0.3) is 0 Å². The number of anilines is 1. The molecule has 0 radical (unpaired) electrons. The molecule has 0 spiro atoms. The lowest BCUT2D eigenvalue weighted by Gasteiger charge is -2.14. The Morgan fingerprint density at radius 2 is 1.77 bits per heavy atom. The Hall–Kier alpha value is -3.03. The van der Waals surface area contributed by atoms with Gasteiger partial charge in [-0.1, -0.05) is 47.5 Å². The molecular formula is C23H23ClN2O4S. The van der Waals surface area contributed by atoms with Gasteiger partial charge in [-0.3, -0.25) is 9.52 Å². The highest BCUT2D eigenvalue weighted by molar-refractivity contribution is 7.92. The Morgan fingerprint density at radius 1 is 1.03 bits per heavy atom. The number of carbonyl (C=O) groups excluding carboxylic acids is 1. The molecule has 8 heteroatoms. The third kappa shape index (κ3) is 5.37. The van der Waals surface area contributed by atoms with Gasteiger partial charge in [-0.2, -0.15) is 0 Å². The van der Waals surface area contributed by atoms with E-state index in [9.17, 15) is 13.2 Å². The van der Waals surface area contributed by atoms with Crippen molar-refractivity contribution >= 4 is 33.2 Å². The van der Waals surface area contributed by atoms with E-state index >= 15 is 0 Å². The maximum Gasteiger partial charge on any atom is 0.263 e. The topological polar surface area (TPSA) is 84.5 Å². The van der Waals surface area contributed by atoms with Crippen LogP contribution >= 0.6 is 11.6 Å². The van der Waals surface area contributed by atoms with Crippen molar-refractivity contribution in [3.63, 3.8) is 0 Å². The summed E-state index contributed by atoms with van der Waals surface area (Å²) >= 11 is 6.16. The molecule has 3 aromatic rings. The summed E-state index contributed by atoms with van der Waals surface area (Å²) in [6.45, 7) is 3.97. The maximum absolute atomic E-state index is 13.0. The second-order valence-electron chi connectivity index (χ2n) is 7.06. The Balaban J connectivity index is 1.82. The molecule has 3 rings (SSSR count). The van der Waals surface area contributed by atoms with E-state index in [0.717, 1.165) is 16.7 Å². The van der Waals surface area contributed by atoms with Crippen LogP contribution in [-0.2, 0) is 16.6 Å².